The predicted molar refractivity (Wildman–Crippen MR) is 34.9 cm³/mol. The molecule has 1 N–H and O–H groups in total. The Bertz CT molecular complexity index is 138. The summed E-state index contributed by atoms with van der Waals surface area (Å²) in [5.41, 5.74) is 0. The Labute approximate surface area is 54.5 Å². The molecule has 0 bridgehead atoms. The molecule has 2 heteroatoms. The van der Waals surface area contributed by atoms with Crippen LogP contribution in [0, 0.1) is 0 Å². The van der Waals surface area contributed by atoms with Crippen LogP contribution < -0.4 is 0 Å². The van der Waals surface area contributed by atoms with Gasteiger partial charge in [0.25, 0.3) is 0 Å². The fraction of sp³-hybridized carbons (Fsp3) is 0.429. The molecule has 1 unspecified atom stereocenters. The van der Waals surface area contributed by atoms with Gasteiger partial charge in [-0.2, -0.15) is 0 Å². The van der Waals surface area contributed by atoms with Crippen LogP contribution in [0.15, 0.2) is 24.5 Å². The minimum absolute atomic E-state index is 0.604. The third-order valence-corrected chi connectivity index (χ3v) is 1.25. The van der Waals surface area contributed by atoms with Crippen LogP contribution in [0.4, 0.5) is 0 Å². The van der Waals surface area contributed by atoms with E-state index in [4.69, 9.17) is 9.84 Å². The van der Waals surface area contributed by atoms with E-state index in [1.807, 2.05) is 6.08 Å². The molecule has 1 rings (SSSR count). The van der Waals surface area contributed by atoms with E-state index in [9.17, 15) is 0 Å². The maximum Gasteiger partial charge on any atom is 0.129 e. The Morgan fingerprint density at radius 1 is 1.89 bits per heavy atom. The molecule has 0 saturated carbocycles. The average molecular weight is 126 g/mol. The topological polar surface area (TPSA) is 29.5 Å². The molecule has 1 aliphatic rings. The van der Waals surface area contributed by atoms with Gasteiger partial charge in [-0.25, -0.2) is 0 Å². The standard InChI is InChI=1S/C7H10O2/c1-2-6(8)7-4-3-5-9-7/h2,4,6,8H,1,3,5H2. The summed E-state index contributed by atoms with van der Waals surface area (Å²) >= 11 is 0. The molecule has 0 aromatic carbocycles. The molecule has 0 saturated heterocycles. The van der Waals surface area contributed by atoms with E-state index in [1.54, 1.807) is 0 Å². The highest BCUT2D eigenvalue weighted by atomic mass is 16.5. The van der Waals surface area contributed by atoms with Gasteiger partial charge in [0, 0.05) is 6.42 Å². The van der Waals surface area contributed by atoms with E-state index in [0.717, 1.165) is 6.42 Å². The van der Waals surface area contributed by atoms with E-state index in [0.29, 0.717) is 12.4 Å². The van der Waals surface area contributed by atoms with E-state index in [2.05, 4.69) is 6.58 Å². The molecule has 0 aliphatic carbocycles. The summed E-state index contributed by atoms with van der Waals surface area (Å²) in [6.45, 7) is 4.13. The van der Waals surface area contributed by atoms with Crippen LogP contribution in [0.5, 0.6) is 0 Å². The van der Waals surface area contributed by atoms with E-state index in [1.165, 1.54) is 6.08 Å². The molecule has 0 spiro atoms. The number of aliphatic hydroxyl groups is 1. The predicted octanol–water partition coefficient (Wildman–Crippen LogP) is 0.837. The van der Waals surface area contributed by atoms with Crippen molar-refractivity contribution in [2.75, 3.05) is 6.61 Å². The zero-order valence-electron chi connectivity index (χ0n) is 5.21. The summed E-state index contributed by atoms with van der Waals surface area (Å²) in [6.07, 6.45) is 3.64. The Morgan fingerprint density at radius 2 is 2.67 bits per heavy atom. The molecule has 0 aromatic heterocycles. The summed E-state index contributed by atoms with van der Waals surface area (Å²) in [5, 5.41) is 9.05. The maximum absolute atomic E-state index is 9.05. The van der Waals surface area contributed by atoms with Crippen LogP contribution in [0.1, 0.15) is 6.42 Å². The summed E-state index contributed by atoms with van der Waals surface area (Å²) in [7, 11) is 0. The van der Waals surface area contributed by atoms with E-state index >= 15 is 0 Å². The lowest BCUT2D eigenvalue weighted by molar-refractivity contribution is 0.147. The Kier molecular flexibility index (Phi) is 1.90. The van der Waals surface area contributed by atoms with Gasteiger partial charge in [-0.05, 0) is 6.08 Å². The first-order chi connectivity index (χ1) is 4.34. The van der Waals surface area contributed by atoms with Gasteiger partial charge in [-0.1, -0.05) is 6.08 Å². The monoisotopic (exact) mass is 126 g/mol. The molecule has 0 radical (unpaired) electrons. The van der Waals surface area contributed by atoms with Gasteiger partial charge >= 0.3 is 0 Å². The second-order valence-electron chi connectivity index (χ2n) is 1.92. The minimum Gasteiger partial charge on any atom is -0.495 e. The first-order valence-corrected chi connectivity index (χ1v) is 2.98. The SMILES string of the molecule is C=CC(O)C1=CCCO1. The lowest BCUT2D eigenvalue weighted by Gasteiger charge is -2.05. The summed E-state index contributed by atoms with van der Waals surface area (Å²) < 4.78 is 5.05. The third kappa shape index (κ3) is 1.33. The summed E-state index contributed by atoms with van der Waals surface area (Å²) in [6, 6.07) is 0. The third-order valence-electron chi connectivity index (χ3n) is 1.25. The van der Waals surface area contributed by atoms with Crippen LogP contribution in [-0.4, -0.2) is 17.8 Å². The first-order valence-electron chi connectivity index (χ1n) is 2.98. The number of hydrogen-bond acceptors (Lipinski definition) is 2. The maximum atomic E-state index is 9.05. The highest BCUT2D eigenvalue weighted by Gasteiger charge is 2.11. The second kappa shape index (κ2) is 2.69. The molecule has 1 atom stereocenters. The largest absolute Gasteiger partial charge is 0.495 e. The Morgan fingerprint density at radius 3 is 3.11 bits per heavy atom. The summed E-state index contributed by atoms with van der Waals surface area (Å²) in [4.78, 5) is 0. The van der Waals surface area contributed by atoms with Gasteiger partial charge in [-0.3, -0.25) is 0 Å². The molecule has 0 aromatic rings. The molecule has 0 amide bonds. The summed E-state index contributed by atoms with van der Waals surface area (Å²) in [5.74, 6) is 0.644. The van der Waals surface area contributed by atoms with Crippen molar-refractivity contribution in [1.82, 2.24) is 0 Å². The molecular formula is C7H10O2. The van der Waals surface area contributed by atoms with Gasteiger partial charge in [0.15, 0.2) is 0 Å². The fourth-order valence-electron chi connectivity index (χ4n) is 0.759. The number of hydrogen-bond donors (Lipinski definition) is 1. The van der Waals surface area contributed by atoms with Crippen molar-refractivity contribution in [3.8, 4) is 0 Å². The number of ether oxygens (including phenoxy) is 1. The van der Waals surface area contributed by atoms with Gasteiger partial charge in [0.1, 0.15) is 11.9 Å². The molecule has 1 aliphatic heterocycles. The average Bonchev–Trinajstić information content (AvgIpc) is 2.37. The van der Waals surface area contributed by atoms with Gasteiger partial charge in [0.05, 0.1) is 6.61 Å². The molecule has 50 valence electrons. The highest BCUT2D eigenvalue weighted by molar-refractivity contribution is 5.09. The minimum atomic E-state index is -0.604. The molecule has 2 nitrogen and oxygen atoms in total. The smallest absolute Gasteiger partial charge is 0.129 e. The normalized spacial score (nSPS) is 20.3. The zero-order chi connectivity index (χ0) is 6.69. The molecule has 1 heterocycles. The van der Waals surface area contributed by atoms with Crippen molar-refractivity contribution in [2.45, 2.75) is 12.5 Å². The number of rotatable bonds is 2. The van der Waals surface area contributed by atoms with Crippen LogP contribution in [0.2, 0.25) is 0 Å². The highest BCUT2D eigenvalue weighted by Crippen LogP contribution is 2.13. The fourth-order valence-corrected chi connectivity index (χ4v) is 0.759. The van der Waals surface area contributed by atoms with Gasteiger partial charge < -0.3 is 9.84 Å². The quantitative estimate of drug-likeness (QED) is 0.555. The van der Waals surface area contributed by atoms with Gasteiger partial charge in [-0.15, -0.1) is 6.58 Å². The van der Waals surface area contributed by atoms with Crippen molar-refractivity contribution in [2.24, 2.45) is 0 Å². The number of aliphatic hydroxyl groups excluding tert-OH is 1. The van der Waals surface area contributed by atoms with Crippen LogP contribution in [-0.2, 0) is 4.74 Å². The van der Waals surface area contributed by atoms with Crippen molar-refractivity contribution >= 4 is 0 Å². The lowest BCUT2D eigenvalue weighted by atomic mass is 10.3. The van der Waals surface area contributed by atoms with Crippen molar-refractivity contribution in [3.63, 3.8) is 0 Å². The zero-order valence-corrected chi connectivity index (χ0v) is 5.21. The van der Waals surface area contributed by atoms with Crippen LogP contribution in [0.25, 0.3) is 0 Å². The lowest BCUT2D eigenvalue weighted by Crippen LogP contribution is -2.05. The Hall–Kier alpha value is -0.760. The van der Waals surface area contributed by atoms with Crippen LogP contribution in [0.3, 0.4) is 0 Å². The van der Waals surface area contributed by atoms with E-state index < -0.39 is 6.10 Å². The Balaban J connectivity index is 2.50. The van der Waals surface area contributed by atoms with Crippen molar-refractivity contribution in [3.05, 3.63) is 24.5 Å². The van der Waals surface area contributed by atoms with Gasteiger partial charge in [0.2, 0.25) is 0 Å². The second-order valence-corrected chi connectivity index (χ2v) is 1.92. The van der Waals surface area contributed by atoms with Crippen LogP contribution >= 0.6 is 0 Å². The van der Waals surface area contributed by atoms with Crippen molar-refractivity contribution < 1.29 is 9.84 Å². The molecule has 0 fully saturated rings. The molecule has 9 heavy (non-hydrogen) atoms. The first kappa shape index (κ1) is 6.36. The van der Waals surface area contributed by atoms with Crippen molar-refractivity contribution in [1.29, 1.82) is 0 Å². The molecular weight excluding hydrogens is 116 g/mol. The van der Waals surface area contributed by atoms with E-state index in [-0.39, 0.29) is 0 Å².